The molecule has 0 spiro atoms. The maximum Gasteiger partial charge on any atom is 0.252 e. The molecule has 7 heteroatoms. The summed E-state index contributed by atoms with van der Waals surface area (Å²) < 4.78 is 0. The summed E-state index contributed by atoms with van der Waals surface area (Å²) in [7, 11) is 0. The van der Waals surface area contributed by atoms with E-state index in [4.69, 9.17) is 23.2 Å². The quantitative estimate of drug-likeness (QED) is 0.520. The van der Waals surface area contributed by atoms with Crippen LogP contribution in [0, 0.1) is 5.92 Å². The molecule has 172 valence electrons. The molecular formula is C26H28Cl2N4O. The normalized spacial score (nSPS) is 21.1. The molecule has 1 aromatic heterocycles. The third kappa shape index (κ3) is 4.96. The number of amides is 1. The van der Waals surface area contributed by atoms with Gasteiger partial charge in [-0.15, -0.1) is 0 Å². The van der Waals surface area contributed by atoms with Crippen molar-refractivity contribution in [3.63, 3.8) is 0 Å². The Kier molecular flexibility index (Phi) is 6.72. The molecule has 3 aromatic rings. The highest BCUT2D eigenvalue weighted by Crippen LogP contribution is 2.34. The molecule has 1 aliphatic heterocycles. The number of halogens is 2. The van der Waals surface area contributed by atoms with Crippen molar-refractivity contribution < 1.29 is 4.79 Å². The second-order valence-corrected chi connectivity index (χ2v) is 9.86. The number of fused-ring (bicyclic) bond motifs is 1. The van der Waals surface area contributed by atoms with Gasteiger partial charge in [0.05, 0.1) is 21.2 Å². The summed E-state index contributed by atoms with van der Waals surface area (Å²) in [6.45, 7) is 5.10. The second kappa shape index (κ2) is 9.88. The Balaban J connectivity index is 1.05. The zero-order chi connectivity index (χ0) is 22.8. The number of carbonyl (C=O) groups is 1. The number of pyridine rings is 1. The topological polar surface area (TPSA) is 48.5 Å². The molecule has 1 saturated heterocycles. The number of nitrogens with zero attached hydrogens (tertiary/aromatic N) is 3. The van der Waals surface area contributed by atoms with Gasteiger partial charge in [-0.25, -0.2) is 0 Å². The third-order valence-electron chi connectivity index (χ3n) is 6.96. The first-order valence-corrected chi connectivity index (χ1v) is 12.4. The standard InChI is InChI=1S/C26H28Cl2N4O/c27-22-6-2-8-24(25(22)28)32-14-12-31(13-15-32)11-9-18-16-19(17-18)30-26(33)21-4-1-7-23-20(21)5-3-10-29-23/h1-8,10,18-19H,9,11-17H2,(H,30,33)/t18-,19+. The number of nitrogens with one attached hydrogen (secondary N) is 1. The van der Waals surface area contributed by atoms with Crippen LogP contribution in [0.25, 0.3) is 10.9 Å². The molecule has 1 saturated carbocycles. The lowest BCUT2D eigenvalue weighted by atomic mass is 9.78. The number of aromatic nitrogens is 1. The van der Waals surface area contributed by atoms with Gasteiger partial charge in [0.1, 0.15) is 0 Å². The molecule has 0 bridgehead atoms. The van der Waals surface area contributed by atoms with Crippen LogP contribution < -0.4 is 10.2 Å². The van der Waals surface area contributed by atoms with Crippen LogP contribution in [0.4, 0.5) is 5.69 Å². The summed E-state index contributed by atoms with van der Waals surface area (Å²) in [6, 6.07) is 15.7. The minimum absolute atomic E-state index is 0.00727. The number of anilines is 1. The van der Waals surface area contributed by atoms with Crippen LogP contribution >= 0.6 is 23.2 Å². The molecule has 1 amide bonds. The Bertz CT molecular complexity index is 1130. The van der Waals surface area contributed by atoms with Crippen LogP contribution in [-0.4, -0.2) is 54.6 Å². The smallest absolute Gasteiger partial charge is 0.252 e. The van der Waals surface area contributed by atoms with Crippen LogP contribution in [0.1, 0.15) is 29.6 Å². The van der Waals surface area contributed by atoms with Crippen molar-refractivity contribution in [2.45, 2.75) is 25.3 Å². The predicted octanol–water partition coefficient (Wildman–Crippen LogP) is 5.26. The average molecular weight is 483 g/mol. The first kappa shape index (κ1) is 22.5. The Morgan fingerprint density at radius 2 is 1.79 bits per heavy atom. The second-order valence-electron chi connectivity index (χ2n) is 9.07. The van der Waals surface area contributed by atoms with Crippen LogP contribution in [0.15, 0.2) is 54.7 Å². The van der Waals surface area contributed by atoms with Crippen molar-refractivity contribution in [1.82, 2.24) is 15.2 Å². The minimum Gasteiger partial charge on any atom is -0.368 e. The van der Waals surface area contributed by atoms with Gasteiger partial charge in [0.15, 0.2) is 0 Å². The van der Waals surface area contributed by atoms with E-state index in [0.29, 0.717) is 21.5 Å². The van der Waals surface area contributed by atoms with Gasteiger partial charge in [-0.05, 0) is 62.1 Å². The summed E-state index contributed by atoms with van der Waals surface area (Å²) >= 11 is 12.6. The highest BCUT2D eigenvalue weighted by molar-refractivity contribution is 6.43. The van der Waals surface area contributed by atoms with Crippen molar-refractivity contribution in [2.75, 3.05) is 37.6 Å². The summed E-state index contributed by atoms with van der Waals surface area (Å²) in [5.41, 5.74) is 2.60. The molecule has 5 rings (SSSR count). The number of benzene rings is 2. The average Bonchev–Trinajstić information content (AvgIpc) is 2.82. The minimum atomic E-state index is 0.00727. The van der Waals surface area contributed by atoms with Crippen molar-refractivity contribution in [3.05, 3.63) is 70.3 Å². The van der Waals surface area contributed by atoms with E-state index in [1.54, 1.807) is 6.20 Å². The third-order valence-corrected chi connectivity index (χ3v) is 7.77. The summed E-state index contributed by atoms with van der Waals surface area (Å²) in [5.74, 6) is 0.692. The Hall–Kier alpha value is -2.34. The summed E-state index contributed by atoms with van der Waals surface area (Å²) in [6.07, 6.45) is 5.06. The molecule has 1 aliphatic carbocycles. The van der Waals surface area contributed by atoms with E-state index in [-0.39, 0.29) is 11.9 Å². The fourth-order valence-corrected chi connectivity index (χ4v) is 5.38. The van der Waals surface area contributed by atoms with E-state index in [2.05, 4.69) is 20.1 Å². The van der Waals surface area contributed by atoms with E-state index in [9.17, 15) is 4.79 Å². The van der Waals surface area contributed by atoms with Crippen molar-refractivity contribution >= 4 is 45.7 Å². The molecule has 2 aliphatic rings. The number of piperazine rings is 1. The van der Waals surface area contributed by atoms with Crippen LogP contribution in [0.2, 0.25) is 10.0 Å². The van der Waals surface area contributed by atoms with Crippen LogP contribution in [0.5, 0.6) is 0 Å². The van der Waals surface area contributed by atoms with E-state index < -0.39 is 0 Å². The highest BCUT2D eigenvalue weighted by atomic mass is 35.5. The lowest BCUT2D eigenvalue weighted by Crippen LogP contribution is -2.48. The van der Waals surface area contributed by atoms with Crippen molar-refractivity contribution in [1.29, 1.82) is 0 Å². The highest BCUT2D eigenvalue weighted by Gasteiger charge is 2.31. The number of hydrogen-bond donors (Lipinski definition) is 1. The zero-order valence-corrected chi connectivity index (χ0v) is 20.0. The lowest BCUT2D eigenvalue weighted by Gasteiger charge is -2.40. The fourth-order valence-electron chi connectivity index (χ4n) is 4.97. The molecule has 2 heterocycles. The molecule has 0 unspecified atom stereocenters. The summed E-state index contributed by atoms with van der Waals surface area (Å²) in [4.78, 5) is 22.0. The van der Waals surface area contributed by atoms with Gasteiger partial charge in [-0.2, -0.15) is 0 Å². The summed E-state index contributed by atoms with van der Waals surface area (Å²) in [5, 5.41) is 5.38. The molecular weight excluding hydrogens is 455 g/mol. The Morgan fingerprint density at radius 1 is 1.00 bits per heavy atom. The van der Waals surface area contributed by atoms with Crippen LogP contribution in [0.3, 0.4) is 0 Å². The van der Waals surface area contributed by atoms with Gasteiger partial charge >= 0.3 is 0 Å². The zero-order valence-electron chi connectivity index (χ0n) is 18.5. The first-order chi connectivity index (χ1) is 16.1. The van der Waals surface area contributed by atoms with Crippen molar-refractivity contribution in [2.24, 2.45) is 5.92 Å². The van der Waals surface area contributed by atoms with Gasteiger partial charge in [-0.3, -0.25) is 14.7 Å². The lowest BCUT2D eigenvalue weighted by molar-refractivity contribution is 0.0879. The molecule has 0 atom stereocenters. The van der Waals surface area contributed by atoms with E-state index in [1.807, 2.05) is 48.5 Å². The number of carbonyl (C=O) groups excluding carboxylic acids is 1. The van der Waals surface area contributed by atoms with Crippen molar-refractivity contribution in [3.8, 4) is 0 Å². The molecule has 2 fully saturated rings. The van der Waals surface area contributed by atoms with Gasteiger partial charge in [0.2, 0.25) is 0 Å². The predicted molar refractivity (Wildman–Crippen MR) is 135 cm³/mol. The monoisotopic (exact) mass is 482 g/mol. The first-order valence-electron chi connectivity index (χ1n) is 11.6. The molecule has 5 nitrogen and oxygen atoms in total. The van der Waals surface area contributed by atoms with Gasteiger partial charge in [0.25, 0.3) is 5.91 Å². The number of rotatable bonds is 6. The van der Waals surface area contributed by atoms with Gasteiger partial charge in [-0.1, -0.05) is 41.4 Å². The number of hydrogen-bond acceptors (Lipinski definition) is 4. The fraction of sp³-hybridized carbons (Fsp3) is 0.385. The Morgan fingerprint density at radius 3 is 2.61 bits per heavy atom. The maximum atomic E-state index is 12.8. The molecule has 0 radical (unpaired) electrons. The van der Waals surface area contributed by atoms with E-state index in [0.717, 1.165) is 62.2 Å². The molecule has 33 heavy (non-hydrogen) atoms. The van der Waals surface area contributed by atoms with E-state index in [1.165, 1.54) is 6.42 Å². The van der Waals surface area contributed by atoms with E-state index >= 15 is 0 Å². The molecule has 1 N–H and O–H groups in total. The van der Waals surface area contributed by atoms with Crippen LogP contribution in [-0.2, 0) is 0 Å². The largest absolute Gasteiger partial charge is 0.368 e. The SMILES string of the molecule is O=C(N[C@H]1C[C@@H](CCN2CCN(c3cccc(Cl)c3Cl)CC2)C1)c1cccc2ncccc12. The van der Waals surface area contributed by atoms with Gasteiger partial charge in [0, 0.05) is 49.4 Å². The van der Waals surface area contributed by atoms with Gasteiger partial charge < -0.3 is 10.2 Å². The maximum absolute atomic E-state index is 12.8. The molecule has 2 aromatic carbocycles. The Labute approximate surface area is 204 Å².